The maximum Gasteiger partial charge on any atom is 0.220 e. The summed E-state index contributed by atoms with van der Waals surface area (Å²) < 4.78 is 0. The summed E-state index contributed by atoms with van der Waals surface area (Å²) in [6.07, 6.45) is 11.7. The molecule has 0 saturated carbocycles. The predicted molar refractivity (Wildman–Crippen MR) is 109 cm³/mol. The van der Waals surface area contributed by atoms with Crippen molar-refractivity contribution in [2.24, 2.45) is 0 Å². The van der Waals surface area contributed by atoms with Gasteiger partial charge in [0.15, 0.2) is 0 Å². The molecule has 0 aromatic rings. The largest absolute Gasteiger partial charge is 0.391 e. The second-order valence-corrected chi connectivity index (χ2v) is 6.35. The van der Waals surface area contributed by atoms with Crippen molar-refractivity contribution in [3.05, 3.63) is 48.2 Å². The summed E-state index contributed by atoms with van der Waals surface area (Å²) in [4.78, 5) is 13.3. The number of aliphatic hydroxyl groups is 1. The lowest BCUT2D eigenvalue weighted by molar-refractivity contribution is -0.118. The van der Waals surface area contributed by atoms with Gasteiger partial charge in [-0.25, -0.2) is 0 Å². The molecule has 0 bridgehead atoms. The van der Waals surface area contributed by atoms with Gasteiger partial charge in [0.25, 0.3) is 0 Å². The van der Waals surface area contributed by atoms with Crippen LogP contribution in [0.1, 0.15) is 53.9 Å². The average molecular weight is 351 g/mol. The van der Waals surface area contributed by atoms with Crippen LogP contribution in [0, 0.1) is 0 Å². The minimum atomic E-state index is -0.472. The van der Waals surface area contributed by atoms with Crippen LogP contribution in [-0.2, 0) is 4.79 Å². The van der Waals surface area contributed by atoms with Crippen LogP contribution in [0.5, 0.6) is 0 Å². The molecule has 0 radical (unpaired) electrons. The van der Waals surface area contributed by atoms with Crippen molar-refractivity contribution in [1.29, 1.82) is 0 Å². The monoisotopic (exact) mass is 350 g/mol. The molecular weight excluding hydrogens is 312 g/mol. The summed E-state index contributed by atoms with van der Waals surface area (Å²) >= 11 is 0. The van der Waals surface area contributed by atoms with E-state index in [1.807, 2.05) is 52.1 Å². The molecule has 0 aromatic heterocycles. The van der Waals surface area contributed by atoms with Gasteiger partial charge in [-0.15, -0.1) is 0 Å². The number of rotatable bonds is 10. The molecule has 0 aliphatic heterocycles. The molecule has 144 valence electrons. The molecule has 0 heterocycles. The molecule has 0 spiro atoms. The topological polar surface area (TPSA) is 52.6 Å². The van der Waals surface area contributed by atoms with Crippen molar-refractivity contribution in [2.45, 2.75) is 60.0 Å². The fourth-order valence-corrected chi connectivity index (χ4v) is 1.99. The number of hydrogen-bond acceptors (Lipinski definition) is 3. The van der Waals surface area contributed by atoms with Crippen molar-refractivity contribution >= 4 is 5.91 Å². The van der Waals surface area contributed by atoms with Gasteiger partial charge in [-0.2, -0.15) is 0 Å². The number of nitrogens with zero attached hydrogens (tertiary/aromatic N) is 1. The van der Waals surface area contributed by atoms with Crippen LogP contribution in [0.3, 0.4) is 0 Å². The maximum absolute atomic E-state index is 11.2. The second-order valence-electron chi connectivity index (χ2n) is 6.35. The van der Waals surface area contributed by atoms with Gasteiger partial charge >= 0.3 is 0 Å². The first kappa shape index (κ1) is 25.6. The molecule has 0 saturated heterocycles. The number of aliphatic hydroxyl groups excluding tert-OH is 1. The third-order valence-electron chi connectivity index (χ3n) is 3.15. The summed E-state index contributed by atoms with van der Waals surface area (Å²) in [7, 11) is 2.01. The summed E-state index contributed by atoms with van der Waals surface area (Å²) in [6.45, 7) is 14.7. The first-order valence-corrected chi connectivity index (χ1v) is 8.98. The van der Waals surface area contributed by atoms with Crippen LogP contribution in [0.2, 0.25) is 0 Å². The van der Waals surface area contributed by atoms with Crippen molar-refractivity contribution in [2.75, 3.05) is 20.1 Å². The van der Waals surface area contributed by atoms with Crippen LogP contribution in [0.25, 0.3) is 0 Å². The van der Waals surface area contributed by atoms with E-state index < -0.39 is 6.10 Å². The van der Waals surface area contributed by atoms with Gasteiger partial charge in [-0.05, 0) is 46.9 Å². The highest BCUT2D eigenvalue weighted by molar-refractivity contribution is 5.74. The van der Waals surface area contributed by atoms with Crippen LogP contribution < -0.4 is 5.32 Å². The number of carbonyl (C=O) groups excluding carboxylic acids is 1. The van der Waals surface area contributed by atoms with E-state index in [0.717, 1.165) is 30.7 Å². The van der Waals surface area contributed by atoms with Crippen LogP contribution >= 0.6 is 0 Å². The van der Waals surface area contributed by atoms with Crippen molar-refractivity contribution in [3.63, 3.8) is 0 Å². The Kier molecular flexibility index (Phi) is 17.6. The fourth-order valence-electron chi connectivity index (χ4n) is 1.99. The van der Waals surface area contributed by atoms with Crippen molar-refractivity contribution < 1.29 is 9.90 Å². The normalized spacial score (nSPS) is 12.4. The lowest BCUT2D eigenvalue weighted by atomic mass is 10.1. The maximum atomic E-state index is 11.2. The Hall–Kier alpha value is -1.65. The Labute approximate surface area is 155 Å². The number of likely N-dealkylation sites (N-methyl/N-ethyl adjacent to an activating group) is 1. The van der Waals surface area contributed by atoms with Crippen molar-refractivity contribution in [1.82, 2.24) is 10.2 Å². The zero-order valence-corrected chi connectivity index (χ0v) is 17.0. The zero-order chi connectivity index (χ0) is 19.7. The molecule has 2 N–H and O–H groups in total. The molecule has 25 heavy (non-hydrogen) atoms. The minimum Gasteiger partial charge on any atom is -0.391 e. The highest BCUT2D eigenvalue weighted by atomic mass is 16.3. The summed E-state index contributed by atoms with van der Waals surface area (Å²) in [5.74, 6) is -0.107. The van der Waals surface area contributed by atoms with E-state index in [2.05, 4.69) is 23.7 Å². The number of unbranched alkanes of at least 4 members (excludes halogenated alkanes) is 1. The van der Waals surface area contributed by atoms with E-state index in [4.69, 9.17) is 0 Å². The lowest BCUT2D eigenvalue weighted by Gasteiger charge is -2.21. The molecule has 0 fully saturated rings. The van der Waals surface area contributed by atoms with Crippen LogP contribution in [-0.4, -0.2) is 42.2 Å². The minimum absolute atomic E-state index is 0.107. The fraction of sp³-hybridized carbons (Fsp3) is 0.571. The Morgan fingerprint density at radius 2 is 1.92 bits per heavy atom. The Morgan fingerprint density at radius 1 is 1.28 bits per heavy atom. The molecule has 1 unspecified atom stereocenters. The SMILES string of the molecule is C=C/C=C\C.CCCCN(C)CC(O)C/C(=C/C=C(C)C)NC(C)=O. The first-order valence-electron chi connectivity index (χ1n) is 8.98. The van der Waals surface area contributed by atoms with E-state index in [0.29, 0.717) is 13.0 Å². The standard InChI is InChI=1S/C16H30N2O2.C5H8/c1-6-7-10-18(5)12-16(20)11-15(17-14(4)19)9-8-13(2)3;1-3-5-4-2/h8-9,16,20H,6-7,10-12H2,1-5H3,(H,17,19);3-5H,1H2,2H3/b15-9-;5-4-. The molecule has 1 amide bonds. The average Bonchev–Trinajstić information content (AvgIpc) is 2.51. The van der Waals surface area contributed by atoms with E-state index in [9.17, 15) is 9.90 Å². The van der Waals surface area contributed by atoms with Gasteiger partial charge in [0.2, 0.25) is 5.91 Å². The van der Waals surface area contributed by atoms with Gasteiger partial charge in [-0.1, -0.05) is 49.8 Å². The van der Waals surface area contributed by atoms with Crippen LogP contribution in [0.15, 0.2) is 48.2 Å². The molecule has 1 atom stereocenters. The molecule has 4 nitrogen and oxygen atoms in total. The van der Waals surface area contributed by atoms with Gasteiger partial charge in [0.1, 0.15) is 0 Å². The summed E-state index contributed by atoms with van der Waals surface area (Å²) in [5.41, 5.74) is 1.91. The number of allylic oxidation sites excluding steroid dienone is 6. The van der Waals surface area contributed by atoms with E-state index in [-0.39, 0.29) is 5.91 Å². The van der Waals surface area contributed by atoms with Crippen LogP contribution in [0.4, 0.5) is 0 Å². The van der Waals surface area contributed by atoms with E-state index in [1.165, 1.54) is 6.92 Å². The molecule has 0 rings (SSSR count). The molecule has 0 aromatic carbocycles. The lowest BCUT2D eigenvalue weighted by Crippen LogP contribution is -2.32. The predicted octanol–water partition coefficient (Wildman–Crippen LogP) is 4.20. The molecule has 0 aliphatic rings. The highest BCUT2D eigenvalue weighted by Gasteiger charge is 2.11. The first-order chi connectivity index (χ1) is 11.8. The third kappa shape index (κ3) is 20.3. The molecular formula is C21H38N2O2. The number of nitrogens with one attached hydrogen (secondary N) is 1. The third-order valence-corrected chi connectivity index (χ3v) is 3.15. The second kappa shape index (κ2) is 17.2. The number of hydrogen-bond donors (Lipinski definition) is 2. The Bertz CT molecular complexity index is 447. The van der Waals surface area contributed by atoms with Gasteiger partial charge in [0.05, 0.1) is 6.10 Å². The van der Waals surface area contributed by atoms with E-state index in [1.54, 1.807) is 6.08 Å². The highest BCUT2D eigenvalue weighted by Crippen LogP contribution is 2.06. The molecule has 0 aliphatic carbocycles. The summed E-state index contributed by atoms with van der Waals surface area (Å²) in [5, 5.41) is 12.9. The Morgan fingerprint density at radius 3 is 2.32 bits per heavy atom. The van der Waals surface area contributed by atoms with Gasteiger partial charge < -0.3 is 15.3 Å². The quantitative estimate of drug-likeness (QED) is 0.581. The Balaban J connectivity index is 0. The number of amides is 1. The summed E-state index contributed by atoms with van der Waals surface area (Å²) in [6, 6.07) is 0. The van der Waals surface area contributed by atoms with Gasteiger partial charge in [-0.3, -0.25) is 4.79 Å². The zero-order valence-electron chi connectivity index (χ0n) is 17.0. The van der Waals surface area contributed by atoms with Gasteiger partial charge in [0, 0.05) is 25.6 Å². The van der Waals surface area contributed by atoms with E-state index >= 15 is 0 Å². The smallest absolute Gasteiger partial charge is 0.220 e. The number of carbonyl (C=O) groups is 1. The molecule has 4 heteroatoms. The van der Waals surface area contributed by atoms with Crippen molar-refractivity contribution in [3.8, 4) is 0 Å².